The molecule has 2 fully saturated rings. The van der Waals surface area contributed by atoms with E-state index in [1.807, 2.05) is 12.1 Å². The van der Waals surface area contributed by atoms with Gasteiger partial charge in [0.2, 0.25) is 5.60 Å². The van der Waals surface area contributed by atoms with Crippen molar-refractivity contribution in [1.82, 2.24) is 9.88 Å². The van der Waals surface area contributed by atoms with E-state index in [0.717, 1.165) is 12.0 Å². The van der Waals surface area contributed by atoms with Crippen molar-refractivity contribution >= 4 is 11.8 Å². The van der Waals surface area contributed by atoms with Crippen LogP contribution in [0.3, 0.4) is 0 Å². The first kappa shape index (κ1) is 16.3. The second-order valence-corrected chi connectivity index (χ2v) is 6.70. The van der Waals surface area contributed by atoms with E-state index < -0.39 is 11.5 Å². The van der Waals surface area contributed by atoms with E-state index >= 15 is 0 Å². The van der Waals surface area contributed by atoms with E-state index in [1.54, 1.807) is 42.3 Å². The maximum absolute atomic E-state index is 12.2. The van der Waals surface area contributed by atoms with Gasteiger partial charge in [-0.2, -0.15) is 0 Å². The van der Waals surface area contributed by atoms with Crippen molar-refractivity contribution in [1.29, 1.82) is 0 Å². The van der Waals surface area contributed by atoms with E-state index in [-0.39, 0.29) is 23.6 Å². The fourth-order valence-corrected chi connectivity index (χ4v) is 3.44. The number of pyridine rings is 1. The molecule has 3 atom stereocenters. The van der Waals surface area contributed by atoms with Crippen molar-refractivity contribution in [3.63, 3.8) is 0 Å². The van der Waals surface area contributed by atoms with Gasteiger partial charge in [-0.05, 0) is 30.7 Å². The zero-order valence-electron chi connectivity index (χ0n) is 14.1. The fourth-order valence-electron chi connectivity index (χ4n) is 3.44. The minimum absolute atomic E-state index is 0.105. The Morgan fingerprint density at radius 1 is 1.35 bits per heavy atom. The summed E-state index contributed by atoms with van der Waals surface area (Å²) < 4.78 is 0. The summed E-state index contributed by atoms with van der Waals surface area (Å²) in [6.07, 6.45) is 0.789. The van der Waals surface area contributed by atoms with Crippen molar-refractivity contribution in [3.05, 3.63) is 53.7 Å². The topological polar surface area (TPSA) is 96.5 Å². The van der Waals surface area contributed by atoms with Gasteiger partial charge < -0.3 is 15.7 Å². The van der Waals surface area contributed by atoms with Crippen LogP contribution >= 0.6 is 0 Å². The summed E-state index contributed by atoms with van der Waals surface area (Å²) in [6, 6.07) is 12.4. The van der Waals surface area contributed by atoms with Crippen molar-refractivity contribution in [2.45, 2.75) is 18.1 Å². The largest absolute Gasteiger partial charge is 0.369 e. The minimum atomic E-state index is -1.60. The Kier molecular flexibility index (Phi) is 3.56. The number of amides is 2. The molecule has 2 aliphatic rings. The molecule has 6 heteroatoms. The van der Waals surface area contributed by atoms with Gasteiger partial charge in [-0.3, -0.25) is 9.59 Å². The molecule has 0 radical (unpaired) electrons. The molecule has 1 unspecified atom stereocenters. The van der Waals surface area contributed by atoms with Crippen LogP contribution in [0.25, 0.3) is 11.3 Å². The lowest BCUT2D eigenvalue weighted by Gasteiger charge is -2.18. The zero-order valence-corrected chi connectivity index (χ0v) is 14.1. The number of likely N-dealkylation sites (N-methyl/N-ethyl adjacent to an activating group) is 1. The van der Waals surface area contributed by atoms with E-state index in [4.69, 9.17) is 5.73 Å². The molecule has 4 rings (SSSR count). The van der Waals surface area contributed by atoms with Crippen LogP contribution < -0.4 is 5.73 Å². The van der Waals surface area contributed by atoms with Crippen molar-refractivity contribution in [2.24, 2.45) is 11.7 Å². The molecule has 1 aliphatic carbocycles. The number of aromatic nitrogens is 1. The molecule has 1 aliphatic heterocycles. The number of carbonyl (C=O) groups excluding carboxylic acids is 2. The van der Waals surface area contributed by atoms with Gasteiger partial charge in [0.25, 0.3) is 11.8 Å². The lowest BCUT2D eigenvalue weighted by molar-refractivity contribution is -0.140. The predicted octanol–water partition coefficient (Wildman–Crippen LogP) is 0.791. The first-order chi connectivity index (χ1) is 12.4. The lowest BCUT2D eigenvalue weighted by atomic mass is 9.98. The van der Waals surface area contributed by atoms with Gasteiger partial charge in [-0.15, -0.1) is 0 Å². The van der Waals surface area contributed by atoms with Crippen LogP contribution in [0, 0.1) is 17.8 Å². The quantitative estimate of drug-likeness (QED) is 0.785. The van der Waals surface area contributed by atoms with E-state index in [2.05, 4.69) is 16.8 Å². The number of aliphatic hydroxyl groups is 1. The van der Waals surface area contributed by atoms with E-state index in [9.17, 15) is 14.7 Å². The standard InChI is InChI=1S/C20H17N3O3/c1-23-17-11-14(17)20(26,19(23)25)9-8-12-4-2-5-13(10-12)15-6-3-7-16(22-15)18(21)24/h2-7,10,14,17,26H,11H2,1H3,(H2,21,24)/t14-,17?,20+/m1/s1. The highest BCUT2D eigenvalue weighted by molar-refractivity contribution is 5.93. The second-order valence-electron chi connectivity index (χ2n) is 6.70. The number of hydrogen-bond acceptors (Lipinski definition) is 4. The van der Waals surface area contributed by atoms with Crippen molar-refractivity contribution in [3.8, 4) is 23.1 Å². The number of nitrogens with two attached hydrogens (primary N) is 1. The highest BCUT2D eigenvalue weighted by atomic mass is 16.3. The summed E-state index contributed by atoms with van der Waals surface area (Å²) in [7, 11) is 1.70. The number of nitrogens with zero attached hydrogens (tertiary/aromatic N) is 2. The Balaban J connectivity index is 1.65. The molecule has 3 N–H and O–H groups in total. The summed E-state index contributed by atoms with van der Waals surface area (Å²) in [4.78, 5) is 29.3. The molecule has 130 valence electrons. The van der Waals surface area contributed by atoms with E-state index in [1.165, 1.54) is 0 Å². The Labute approximate surface area is 150 Å². The highest BCUT2D eigenvalue weighted by Gasteiger charge is 2.66. The SMILES string of the molecule is CN1C(=O)[C@](O)(C#Cc2cccc(-c3cccc(C(N)=O)n3)c2)[C@@H]2CC21. The minimum Gasteiger partial charge on any atom is -0.369 e. The summed E-state index contributed by atoms with van der Waals surface area (Å²) in [6.45, 7) is 0. The number of benzene rings is 1. The number of fused-ring (bicyclic) bond motifs is 1. The molecule has 1 aromatic carbocycles. The van der Waals surface area contributed by atoms with Gasteiger partial charge in [0.15, 0.2) is 0 Å². The number of hydrogen-bond donors (Lipinski definition) is 2. The summed E-state index contributed by atoms with van der Waals surface area (Å²) in [5.74, 6) is 4.66. The molecule has 0 spiro atoms. The summed E-state index contributed by atoms with van der Waals surface area (Å²) in [5, 5.41) is 10.7. The fraction of sp³-hybridized carbons (Fsp3) is 0.250. The third-order valence-electron chi connectivity index (χ3n) is 4.99. The average Bonchev–Trinajstić information content (AvgIpc) is 3.43. The van der Waals surface area contributed by atoms with Gasteiger partial charge in [-0.1, -0.05) is 30.0 Å². The monoisotopic (exact) mass is 347 g/mol. The maximum atomic E-state index is 12.2. The van der Waals surface area contributed by atoms with Gasteiger partial charge in [0, 0.05) is 30.1 Å². The molecule has 0 bridgehead atoms. The van der Waals surface area contributed by atoms with Gasteiger partial charge in [0.1, 0.15) is 5.69 Å². The maximum Gasteiger partial charge on any atom is 0.267 e. The molecule has 6 nitrogen and oxygen atoms in total. The number of rotatable bonds is 2. The number of likely N-dealkylation sites (tertiary alicyclic amines) is 1. The van der Waals surface area contributed by atoms with E-state index in [0.29, 0.717) is 11.3 Å². The number of piperidine rings is 1. The van der Waals surface area contributed by atoms with Crippen LogP contribution in [0.5, 0.6) is 0 Å². The molecule has 1 saturated carbocycles. The Bertz CT molecular complexity index is 991. The third-order valence-corrected chi connectivity index (χ3v) is 4.99. The molecular formula is C20H17N3O3. The normalized spacial score (nSPS) is 26.1. The molecular weight excluding hydrogens is 330 g/mol. The van der Waals surface area contributed by atoms with Crippen molar-refractivity contribution < 1.29 is 14.7 Å². The van der Waals surface area contributed by atoms with Crippen LogP contribution in [0.1, 0.15) is 22.5 Å². The van der Waals surface area contributed by atoms with Crippen LogP contribution in [-0.2, 0) is 4.79 Å². The molecule has 1 saturated heterocycles. The average molecular weight is 347 g/mol. The number of primary amides is 1. The van der Waals surface area contributed by atoms with Gasteiger partial charge in [-0.25, -0.2) is 4.98 Å². The lowest BCUT2D eigenvalue weighted by Crippen LogP contribution is -2.41. The Morgan fingerprint density at radius 3 is 2.81 bits per heavy atom. The molecule has 2 amide bonds. The van der Waals surface area contributed by atoms with Crippen LogP contribution in [0.4, 0.5) is 0 Å². The van der Waals surface area contributed by atoms with Crippen LogP contribution in [0.15, 0.2) is 42.5 Å². The first-order valence-electron chi connectivity index (χ1n) is 8.30. The Hall–Kier alpha value is -3.17. The highest BCUT2D eigenvalue weighted by Crippen LogP contribution is 2.50. The molecule has 2 aromatic rings. The Morgan fingerprint density at radius 2 is 2.12 bits per heavy atom. The summed E-state index contributed by atoms with van der Waals surface area (Å²) >= 11 is 0. The first-order valence-corrected chi connectivity index (χ1v) is 8.30. The molecule has 2 heterocycles. The molecule has 1 aromatic heterocycles. The third kappa shape index (κ3) is 2.54. The zero-order chi connectivity index (χ0) is 18.5. The predicted molar refractivity (Wildman–Crippen MR) is 94.7 cm³/mol. The van der Waals surface area contributed by atoms with Gasteiger partial charge >= 0.3 is 0 Å². The van der Waals surface area contributed by atoms with Crippen LogP contribution in [-0.4, -0.2) is 45.5 Å². The van der Waals surface area contributed by atoms with Crippen molar-refractivity contribution in [2.75, 3.05) is 7.05 Å². The number of carbonyl (C=O) groups is 2. The van der Waals surface area contributed by atoms with Gasteiger partial charge in [0.05, 0.1) is 5.69 Å². The second kappa shape index (κ2) is 5.68. The molecule has 26 heavy (non-hydrogen) atoms. The summed E-state index contributed by atoms with van der Waals surface area (Å²) in [5.41, 5.74) is 5.89. The smallest absolute Gasteiger partial charge is 0.267 e. The van der Waals surface area contributed by atoms with Crippen LogP contribution in [0.2, 0.25) is 0 Å².